The van der Waals surface area contributed by atoms with E-state index in [-0.39, 0.29) is 6.10 Å². The van der Waals surface area contributed by atoms with Gasteiger partial charge in [-0.25, -0.2) is 0 Å². The first-order chi connectivity index (χ1) is 7.66. The third-order valence-corrected chi connectivity index (χ3v) is 4.58. The third-order valence-electron chi connectivity index (χ3n) is 4.58. The minimum Gasteiger partial charge on any atom is -0.393 e. The van der Waals surface area contributed by atoms with E-state index in [2.05, 4.69) is 18.7 Å². The maximum atomic E-state index is 10.0. The van der Waals surface area contributed by atoms with Crippen LogP contribution in [0.3, 0.4) is 0 Å². The van der Waals surface area contributed by atoms with Gasteiger partial charge in [0.1, 0.15) is 0 Å². The molecular formula is C14H27NO. The van der Waals surface area contributed by atoms with Crippen LogP contribution in [0.25, 0.3) is 0 Å². The predicted molar refractivity (Wildman–Crippen MR) is 67.4 cm³/mol. The first kappa shape index (κ1) is 12.4. The van der Waals surface area contributed by atoms with Crippen LogP contribution in [-0.2, 0) is 0 Å². The van der Waals surface area contributed by atoms with Crippen LogP contribution in [-0.4, -0.2) is 35.2 Å². The van der Waals surface area contributed by atoms with Crippen LogP contribution in [0.2, 0.25) is 0 Å². The Labute approximate surface area is 100 Å². The Morgan fingerprint density at radius 3 is 2.56 bits per heavy atom. The minimum atomic E-state index is -0.0295. The molecule has 0 radical (unpaired) electrons. The zero-order valence-corrected chi connectivity index (χ0v) is 10.9. The maximum absolute atomic E-state index is 10.0. The first-order valence-electron chi connectivity index (χ1n) is 7.09. The number of hydrogen-bond acceptors (Lipinski definition) is 2. The van der Waals surface area contributed by atoms with E-state index in [1.54, 1.807) is 0 Å². The molecule has 2 aliphatic rings. The molecule has 1 heterocycles. The summed E-state index contributed by atoms with van der Waals surface area (Å²) in [4.78, 5) is 2.62. The fourth-order valence-electron chi connectivity index (χ4n) is 3.34. The molecule has 94 valence electrons. The van der Waals surface area contributed by atoms with Crippen molar-refractivity contribution in [2.45, 2.75) is 64.5 Å². The standard InChI is InChI=1S/C14H27NO/c1-11-7-8-12(2)15(9-11)10-13-5-3-4-6-14(13)16/h11-14,16H,3-10H2,1-2H3. The van der Waals surface area contributed by atoms with Gasteiger partial charge in [0, 0.05) is 19.1 Å². The van der Waals surface area contributed by atoms with E-state index < -0.39 is 0 Å². The summed E-state index contributed by atoms with van der Waals surface area (Å²) in [5.74, 6) is 1.39. The minimum absolute atomic E-state index is 0.0295. The number of rotatable bonds is 2. The van der Waals surface area contributed by atoms with Crippen molar-refractivity contribution in [2.24, 2.45) is 11.8 Å². The summed E-state index contributed by atoms with van der Waals surface area (Å²) >= 11 is 0. The van der Waals surface area contributed by atoms with Crippen molar-refractivity contribution in [2.75, 3.05) is 13.1 Å². The van der Waals surface area contributed by atoms with Crippen molar-refractivity contribution in [1.82, 2.24) is 4.90 Å². The second-order valence-electron chi connectivity index (χ2n) is 6.10. The van der Waals surface area contributed by atoms with Crippen molar-refractivity contribution in [1.29, 1.82) is 0 Å². The molecule has 4 unspecified atom stereocenters. The van der Waals surface area contributed by atoms with Crippen LogP contribution in [0.15, 0.2) is 0 Å². The lowest BCUT2D eigenvalue weighted by Crippen LogP contribution is -2.46. The molecule has 1 N–H and O–H groups in total. The smallest absolute Gasteiger partial charge is 0.0580 e. The van der Waals surface area contributed by atoms with E-state index >= 15 is 0 Å². The van der Waals surface area contributed by atoms with Crippen LogP contribution < -0.4 is 0 Å². The summed E-state index contributed by atoms with van der Waals surface area (Å²) in [5.41, 5.74) is 0. The average molecular weight is 225 g/mol. The lowest BCUT2D eigenvalue weighted by molar-refractivity contribution is 0.0228. The van der Waals surface area contributed by atoms with E-state index in [4.69, 9.17) is 0 Å². The molecule has 2 fully saturated rings. The SMILES string of the molecule is CC1CCC(C)N(CC2CCCCC2O)C1. The van der Waals surface area contributed by atoms with Gasteiger partial charge in [0.2, 0.25) is 0 Å². The highest BCUT2D eigenvalue weighted by molar-refractivity contribution is 4.83. The molecule has 2 heteroatoms. The predicted octanol–water partition coefficient (Wildman–Crippen LogP) is 2.66. The molecular weight excluding hydrogens is 198 g/mol. The Hall–Kier alpha value is -0.0800. The number of hydrogen-bond donors (Lipinski definition) is 1. The van der Waals surface area contributed by atoms with Crippen LogP contribution in [0.4, 0.5) is 0 Å². The Kier molecular flexibility index (Phi) is 4.26. The molecule has 0 aromatic rings. The normalized spacial score (nSPS) is 42.2. The molecule has 0 spiro atoms. The van der Waals surface area contributed by atoms with Crippen molar-refractivity contribution in [3.63, 3.8) is 0 Å². The first-order valence-corrected chi connectivity index (χ1v) is 7.09. The third kappa shape index (κ3) is 2.98. The molecule has 1 aliphatic carbocycles. The second kappa shape index (κ2) is 5.50. The Morgan fingerprint density at radius 1 is 1.06 bits per heavy atom. The Balaban J connectivity index is 1.86. The molecule has 2 rings (SSSR count). The Bertz CT molecular complexity index is 219. The zero-order chi connectivity index (χ0) is 11.5. The summed E-state index contributed by atoms with van der Waals surface area (Å²) in [7, 11) is 0. The molecule has 2 nitrogen and oxygen atoms in total. The number of piperidine rings is 1. The number of aliphatic hydroxyl groups excluding tert-OH is 1. The number of aliphatic hydroxyl groups is 1. The highest BCUT2D eigenvalue weighted by Crippen LogP contribution is 2.28. The topological polar surface area (TPSA) is 23.5 Å². The zero-order valence-electron chi connectivity index (χ0n) is 10.9. The number of nitrogens with zero attached hydrogens (tertiary/aromatic N) is 1. The van der Waals surface area contributed by atoms with Crippen LogP contribution in [0.5, 0.6) is 0 Å². The highest BCUT2D eigenvalue weighted by atomic mass is 16.3. The monoisotopic (exact) mass is 225 g/mol. The van der Waals surface area contributed by atoms with Gasteiger partial charge >= 0.3 is 0 Å². The van der Waals surface area contributed by atoms with Gasteiger partial charge in [-0.05, 0) is 44.4 Å². The van der Waals surface area contributed by atoms with E-state index in [0.29, 0.717) is 5.92 Å². The lowest BCUT2D eigenvalue weighted by atomic mass is 9.85. The van der Waals surface area contributed by atoms with Gasteiger partial charge in [0.05, 0.1) is 6.10 Å². The van der Waals surface area contributed by atoms with Gasteiger partial charge < -0.3 is 10.0 Å². The molecule has 16 heavy (non-hydrogen) atoms. The fourth-order valence-corrected chi connectivity index (χ4v) is 3.34. The van der Waals surface area contributed by atoms with Gasteiger partial charge in [-0.3, -0.25) is 0 Å². The lowest BCUT2D eigenvalue weighted by Gasteiger charge is -2.40. The summed E-state index contributed by atoms with van der Waals surface area (Å²) < 4.78 is 0. The molecule has 1 saturated heterocycles. The highest BCUT2D eigenvalue weighted by Gasteiger charge is 2.29. The molecule has 0 amide bonds. The fraction of sp³-hybridized carbons (Fsp3) is 1.00. The van der Waals surface area contributed by atoms with Gasteiger partial charge in [-0.15, -0.1) is 0 Å². The average Bonchev–Trinajstić information content (AvgIpc) is 2.27. The van der Waals surface area contributed by atoms with Crippen molar-refractivity contribution < 1.29 is 5.11 Å². The molecule has 0 aromatic heterocycles. The second-order valence-corrected chi connectivity index (χ2v) is 6.10. The van der Waals surface area contributed by atoms with Crippen LogP contribution >= 0.6 is 0 Å². The van der Waals surface area contributed by atoms with E-state index in [1.807, 2.05) is 0 Å². The van der Waals surface area contributed by atoms with Gasteiger partial charge in [0.15, 0.2) is 0 Å². The Morgan fingerprint density at radius 2 is 1.81 bits per heavy atom. The maximum Gasteiger partial charge on any atom is 0.0580 e. The van der Waals surface area contributed by atoms with Gasteiger partial charge in [-0.2, -0.15) is 0 Å². The summed E-state index contributed by atoms with van der Waals surface area (Å²) in [5, 5.41) is 10.0. The van der Waals surface area contributed by atoms with E-state index in [9.17, 15) is 5.11 Å². The molecule has 4 atom stereocenters. The summed E-state index contributed by atoms with van der Waals surface area (Å²) in [6.07, 6.45) is 7.50. The molecule has 1 saturated carbocycles. The van der Waals surface area contributed by atoms with E-state index in [0.717, 1.165) is 24.9 Å². The van der Waals surface area contributed by atoms with Gasteiger partial charge in [0.25, 0.3) is 0 Å². The molecule has 1 aliphatic heterocycles. The quantitative estimate of drug-likeness (QED) is 0.781. The van der Waals surface area contributed by atoms with Crippen molar-refractivity contribution >= 4 is 0 Å². The van der Waals surface area contributed by atoms with E-state index in [1.165, 1.54) is 38.6 Å². The van der Waals surface area contributed by atoms with Gasteiger partial charge in [-0.1, -0.05) is 19.8 Å². The molecule has 0 aromatic carbocycles. The van der Waals surface area contributed by atoms with Crippen molar-refractivity contribution in [3.05, 3.63) is 0 Å². The summed E-state index contributed by atoms with van der Waals surface area (Å²) in [6, 6.07) is 0.727. The van der Waals surface area contributed by atoms with Crippen LogP contribution in [0.1, 0.15) is 52.4 Å². The largest absolute Gasteiger partial charge is 0.393 e. The summed E-state index contributed by atoms with van der Waals surface area (Å²) in [6.45, 7) is 7.08. The molecule has 0 bridgehead atoms. The van der Waals surface area contributed by atoms with Crippen LogP contribution in [0, 0.1) is 11.8 Å². The number of likely N-dealkylation sites (tertiary alicyclic amines) is 1. The van der Waals surface area contributed by atoms with Crippen molar-refractivity contribution in [3.8, 4) is 0 Å².